The molecule has 20 heavy (non-hydrogen) atoms. The molecule has 5 nitrogen and oxygen atoms in total. The molecule has 1 unspecified atom stereocenters. The first-order chi connectivity index (χ1) is 9.60. The van der Waals surface area contributed by atoms with Gasteiger partial charge in [-0.3, -0.25) is 0 Å². The Hall–Kier alpha value is -1.65. The Balaban J connectivity index is 2.08. The van der Waals surface area contributed by atoms with Gasteiger partial charge in [0, 0.05) is 17.8 Å². The van der Waals surface area contributed by atoms with Crippen LogP contribution in [0.4, 0.5) is 5.82 Å². The van der Waals surface area contributed by atoms with Crippen molar-refractivity contribution in [1.29, 1.82) is 0 Å². The van der Waals surface area contributed by atoms with E-state index in [1.165, 1.54) is 39.2 Å². The number of hydrogen-bond acceptors (Lipinski definition) is 5. The van der Waals surface area contributed by atoms with E-state index in [0.29, 0.717) is 17.8 Å². The minimum Gasteiger partial charge on any atom is -0.463 e. The van der Waals surface area contributed by atoms with E-state index in [4.69, 9.17) is 0 Å². The molecule has 1 N–H and O–H groups in total. The number of carbonyl (C=O) groups is 1. The van der Waals surface area contributed by atoms with E-state index in [2.05, 4.69) is 26.9 Å². The molecule has 1 aromatic heterocycles. The van der Waals surface area contributed by atoms with Gasteiger partial charge >= 0.3 is 5.97 Å². The van der Waals surface area contributed by atoms with Crippen molar-refractivity contribution in [2.75, 3.05) is 12.4 Å². The van der Waals surface area contributed by atoms with Gasteiger partial charge in [-0.15, -0.1) is 0 Å². The molecule has 0 radical (unpaired) electrons. The van der Waals surface area contributed by atoms with Crippen LogP contribution >= 0.6 is 0 Å². The van der Waals surface area contributed by atoms with Gasteiger partial charge in [0.1, 0.15) is 5.82 Å². The number of ether oxygens (including phenoxy) is 1. The summed E-state index contributed by atoms with van der Waals surface area (Å²) in [6.07, 6.45) is 6.51. The Morgan fingerprint density at radius 2 is 2.05 bits per heavy atom. The standard InChI is InChI=1S/C15H23N3O2/c1-10-9-13(18-14(16-10)15(19)20-3)17-11(2)12-7-5-4-6-8-12/h9,11-12H,4-8H2,1-3H3,(H,16,17,18). The van der Waals surface area contributed by atoms with Crippen molar-refractivity contribution in [1.82, 2.24) is 9.97 Å². The molecule has 1 atom stereocenters. The fourth-order valence-electron chi connectivity index (χ4n) is 2.81. The number of esters is 1. The van der Waals surface area contributed by atoms with Crippen LogP contribution in [-0.4, -0.2) is 29.1 Å². The normalized spacial score (nSPS) is 17.6. The molecule has 1 aromatic rings. The average molecular weight is 277 g/mol. The smallest absolute Gasteiger partial charge is 0.376 e. The SMILES string of the molecule is COC(=O)c1nc(C)cc(NC(C)C2CCCCC2)n1. The first kappa shape index (κ1) is 14.8. The van der Waals surface area contributed by atoms with Crippen LogP contribution in [0, 0.1) is 12.8 Å². The molecule has 1 aliphatic rings. The summed E-state index contributed by atoms with van der Waals surface area (Å²) in [6, 6.07) is 2.22. The Kier molecular flexibility index (Phi) is 4.93. The average Bonchev–Trinajstić information content (AvgIpc) is 2.46. The van der Waals surface area contributed by atoms with E-state index in [0.717, 1.165) is 5.69 Å². The zero-order chi connectivity index (χ0) is 14.5. The molecule has 5 heteroatoms. The molecular formula is C15H23N3O2. The molecule has 110 valence electrons. The van der Waals surface area contributed by atoms with Crippen LogP contribution in [-0.2, 0) is 4.74 Å². The minimum atomic E-state index is -0.498. The summed E-state index contributed by atoms with van der Waals surface area (Å²) in [4.78, 5) is 19.9. The number of anilines is 1. The van der Waals surface area contributed by atoms with Gasteiger partial charge < -0.3 is 10.1 Å². The third-order valence-corrected chi connectivity index (χ3v) is 3.95. The van der Waals surface area contributed by atoms with Crippen molar-refractivity contribution >= 4 is 11.8 Å². The van der Waals surface area contributed by atoms with Crippen molar-refractivity contribution in [2.45, 2.75) is 52.0 Å². The summed E-state index contributed by atoms with van der Waals surface area (Å²) in [5.41, 5.74) is 0.763. The number of aryl methyl sites for hydroxylation is 1. The first-order valence-corrected chi connectivity index (χ1v) is 7.30. The fraction of sp³-hybridized carbons (Fsp3) is 0.667. The van der Waals surface area contributed by atoms with Crippen LogP contribution in [0.15, 0.2) is 6.07 Å². The number of carbonyl (C=O) groups excluding carboxylic acids is 1. The van der Waals surface area contributed by atoms with Gasteiger partial charge in [-0.05, 0) is 32.6 Å². The van der Waals surface area contributed by atoms with Crippen molar-refractivity contribution in [3.05, 3.63) is 17.6 Å². The maximum absolute atomic E-state index is 11.5. The molecular weight excluding hydrogens is 254 g/mol. The van der Waals surface area contributed by atoms with E-state index in [-0.39, 0.29) is 5.82 Å². The summed E-state index contributed by atoms with van der Waals surface area (Å²) in [5.74, 6) is 1.00. The van der Waals surface area contributed by atoms with Crippen LogP contribution in [0.5, 0.6) is 0 Å². The number of nitrogens with one attached hydrogen (secondary N) is 1. The molecule has 0 bridgehead atoms. The molecule has 2 rings (SSSR count). The van der Waals surface area contributed by atoms with Crippen molar-refractivity contribution in [3.8, 4) is 0 Å². The zero-order valence-electron chi connectivity index (χ0n) is 12.5. The predicted molar refractivity (Wildman–Crippen MR) is 77.8 cm³/mol. The van der Waals surface area contributed by atoms with Gasteiger partial charge in [0.25, 0.3) is 0 Å². The summed E-state index contributed by atoms with van der Waals surface area (Å²) < 4.78 is 4.68. The summed E-state index contributed by atoms with van der Waals surface area (Å²) in [5, 5.41) is 3.41. The number of hydrogen-bond donors (Lipinski definition) is 1. The summed E-state index contributed by atoms with van der Waals surface area (Å²) >= 11 is 0. The first-order valence-electron chi connectivity index (χ1n) is 7.30. The third-order valence-electron chi connectivity index (χ3n) is 3.95. The lowest BCUT2D eigenvalue weighted by Crippen LogP contribution is -2.28. The van der Waals surface area contributed by atoms with Crippen LogP contribution in [0.1, 0.15) is 55.3 Å². The molecule has 0 saturated heterocycles. The second kappa shape index (κ2) is 6.68. The zero-order valence-corrected chi connectivity index (χ0v) is 12.5. The topological polar surface area (TPSA) is 64.1 Å². The van der Waals surface area contributed by atoms with Gasteiger partial charge in [0.15, 0.2) is 0 Å². The summed E-state index contributed by atoms with van der Waals surface area (Å²) in [7, 11) is 1.34. The minimum absolute atomic E-state index is 0.117. The number of nitrogens with zero attached hydrogens (tertiary/aromatic N) is 2. The second-order valence-corrected chi connectivity index (χ2v) is 5.54. The third kappa shape index (κ3) is 3.68. The summed E-state index contributed by atoms with van der Waals surface area (Å²) in [6.45, 7) is 4.04. The second-order valence-electron chi connectivity index (χ2n) is 5.54. The highest BCUT2D eigenvalue weighted by molar-refractivity contribution is 5.85. The van der Waals surface area contributed by atoms with Gasteiger partial charge in [0.2, 0.25) is 5.82 Å². The highest BCUT2D eigenvalue weighted by Crippen LogP contribution is 2.27. The highest BCUT2D eigenvalue weighted by atomic mass is 16.5. The van der Waals surface area contributed by atoms with Crippen LogP contribution in [0.25, 0.3) is 0 Å². The molecule has 0 aliphatic heterocycles. The monoisotopic (exact) mass is 277 g/mol. The van der Waals surface area contributed by atoms with Crippen molar-refractivity contribution in [3.63, 3.8) is 0 Å². The van der Waals surface area contributed by atoms with Gasteiger partial charge in [0.05, 0.1) is 7.11 Å². The maximum atomic E-state index is 11.5. The van der Waals surface area contributed by atoms with E-state index in [1.54, 1.807) is 0 Å². The molecule has 1 heterocycles. The lowest BCUT2D eigenvalue weighted by Gasteiger charge is -2.28. The molecule has 0 spiro atoms. The molecule has 1 aliphatic carbocycles. The van der Waals surface area contributed by atoms with Crippen molar-refractivity contribution in [2.24, 2.45) is 5.92 Å². The van der Waals surface area contributed by atoms with Gasteiger partial charge in [-0.25, -0.2) is 14.8 Å². The van der Waals surface area contributed by atoms with E-state index < -0.39 is 5.97 Å². The van der Waals surface area contributed by atoms with E-state index in [9.17, 15) is 4.79 Å². The largest absolute Gasteiger partial charge is 0.463 e. The highest BCUT2D eigenvalue weighted by Gasteiger charge is 2.21. The molecule has 0 aromatic carbocycles. The van der Waals surface area contributed by atoms with Crippen LogP contribution in [0.3, 0.4) is 0 Å². The van der Waals surface area contributed by atoms with Gasteiger partial charge in [-0.2, -0.15) is 0 Å². The van der Waals surface area contributed by atoms with E-state index in [1.807, 2.05) is 13.0 Å². The number of aromatic nitrogens is 2. The van der Waals surface area contributed by atoms with E-state index >= 15 is 0 Å². The van der Waals surface area contributed by atoms with Crippen LogP contribution < -0.4 is 5.32 Å². The fourth-order valence-corrected chi connectivity index (χ4v) is 2.81. The maximum Gasteiger partial charge on any atom is 0.376 e. The quantitative estimate of drug-likeness (QED) is 0.857. The predicted octanol–water partition coefficient (Wildman–Crippen LogP) is 2.95. The Labute approximate surface area is 120 Å². The Morgan fingerprint density at radius 1 is 1.35 bits per heavy atom. The number of methoxy groups -OCH3 is 1. The van der Waals surface area contributed by atoms with Gasteiger partial charge in [-0.1, -0.05) is 19.3 Å². The van der Waals surface area contributed by atoms with Crippen LogP contribution in [0.2, 0.25) is 0 Å². The lowest BCUT2D eigenvalue weighted by atomic mass is 9.84. The molecule has 1 saturated carbocycles. The number of rotatable bonds is 4. The Bertz CT molecular complexity index is 470. The molecule has 0 amide bonds. The Morgan fingerprint density at radius 3 is 2.70 bits per heavy atom. The lowest BCUT2D eigenvalue weighted by molar-refractivity contribution is 0.0586. The van der Waals surface area contributed by atoms with Crippen molar-refractivity contribution < 1.29 is 9.53 Å². The molecule has 1 fully saturated rings.